The van der Waals surface area contributed by atoms with E-state index in [1.807, 2.05) is 18.2 Å². The van der Waals surface area contributed by atoms with Crippen molar-refractivity contribution in [3.63, 3.8) is 0 Å². The van der Waals surface area contributed by atoms with Crippen LogP contribution in [0.15, 0.2) is 18.2 Å². The molecule has 1 aromatic carbocycles. The minimum Gasteiger partial charge on any atom is -0.489 e. The van der Waals surface area contributed by atoms with Crippen LogP contribution < -0.4 is 14.2 Å². The van der Waals surface area contributed by atoms with E-state index in [2.05, 4.69) is 41.5 Å². The van der Waals surface area contributed by atoms with Crippen LogP contribution in [-0.2, 0) is 0 Å². The van der Waals surface area contributed by atoms with Crippen molar-refractivity contribution in [3.8, 4) is 17.2 Å². The van der Waals surface area contributed by atoms with Crippen LogP contribution in [0.4, 0.5) is 0 Å². The molecule has 0 atom stereocenters. The van der Waals surface area contributed by atoms with Crippen molar-refractivity contribution in [2.24, 2.45) is 17.8 Å². The van der Waals surface area contributed by atoms with E-state index in [0.717, 1.165) is 17.2 Å². The molecule has 0 radical (unpaired) electrons. The summed E-state index contributed by atoms with van der Waals surface area (Å²) in [7, 11) is 0. The molecule has 0 aliphatic heterocycles. The quantitative estimate of drug-likeness (QED) is 0.655. The molecule has 0 saturated heterocycles. The standard InChI is InChI=1S/C18H30O3/c1-13(2)10-19-16-8-7-9-17(20-11-14(3)4)18(16)21-12-15(5)6/h7-9,13-15H,10-12H2,1-6H3. The zero-order valence-corrected chi connectivity index (χ0v) is 14.3. The number of rotatable bonds is 9. The maximum Gasteiger partial charge on any atom is 0.203 e. The predicted molar refractivity (Wildman–Crippen MR) is 87.4 cm³/mol. The fourth-order valence-electron chi connectivity index (χ4n) is 1.63. The Hall–Kier alpha value is -1.38. The summed E-state index contributed by atoms with van der Waals surface area (Å²) in [5.74, 6) is 3.68. The van der Waals surface area contributed by atoms with Crippen molar-refractivity contribution < 1.29 is 14.2 Å². The summed E-state index contributed by atoms with van der Waals surface area (Å²) in [6.45, 7) is 14.8. The smallest absolute Gasteiger partial charge is 0.203 e. The molecule has 0 bridgehead atoms. The maximum absolute atomic E-state index is 5.94. The van der Waals surface area contributed by atoms with Crippen LogP contribution in [0.25, 0.3) is 0 Å². The highest BCUT2D eigenvalue weighted by Crippen LogP contribution is 2.38. The van der Waals surface area contributed by atoms with E-state index in [-0.39, 0.29) is 0 Å². The molecule has 120 valence electrons. The summed E-state index contributed by atoms with van der Waals surface area (Å²) in [6.07, 6.45) is 0. The summed E-state index contributed by atoms with van der Waals surface area (Å²) in [6, 6.07) is 5.84. The zero-order chi connectivity index (χ0) is 15.8. The molecule has 0 aromatic heterocycles. The first kappa shape index (κ1) is 17.7. The van der Waals surface area contributed by atoms with Gasteiger partial charge in [-0.05, 0) is 29.9 Å². The Kier molecular flexibility index (Phi) is 7.41. The Morgan fingerprint density at radius 2 is 1.05 bits per heavy atom. The average molecular weight is 294 g/mol. The summed E-state index contributed by atoms with van der Waals surface area (Å²) in [5, 5.41) is 0. The van der Waals surface area contributed by atoms with Gasteiger partial charge < -0.3 is 14.2 Å². The lowest BCUT2D eigenvalue weighted by molar-refractivity contribution is 0.207. The van der Waals surface area contributed by atoms with Crippen molar-refractivity contribution in [1.82, 2.24) is 0 Å². The molecule has 3 heteroatoms. The third-order valence-corrected chi connectivity index (χ3v) is 2.65. The lowest BCUT2D eigenvalue weighted by Gasteiger charge is -2.19. The second-order valence-electron chi connectivity index (χ2n) is 6.70. The number of hydrogen-bond donors (Lipinski definition) is 0. The second-order valence-corrected chi connectivity index (χ2v) is 6.70. The first-order valence-electron chi connectivity index (χ1n) is 7.91. The number of benzene rings is 1. The van der Waals surface area contributed by atoms with Gasteiger partial charge in [-0.15, -0.1) is 0 Å². The van der Waals surface area contributed by atoms with E-state index in [4.69, 9.17) is 14.2 Å². The van der Waals surface area contributed by atoms with Crippen molar-refractivity contribution in [1.29, 1.82) is 0 Å². The lowest BCUT2D eigenvalue weighted by atomic mass is 10.2. The topological polar surface area (TPSA) is 27.7 Å². The molecule has 0 N–H and O–H groups in total. The largest absolute Gasteiger partial charge is 0.489 e. The van der Waals surface area contributed by atoms with Crippen LogP contribution in [0, 0.1) is 17.8 Å². The highest BCUT2D eigenvalue weighted by atomic mass is 16.5. The van der Waals surface area contributed by atoms with Crippen molar-refractivity contribution in [2.75, 3.05) is 19.8 Å². The third-order valence-electron chi connectivity index (χ3n) is 2.65. The summed E-state index contributed by atoms with van der Waals surface area (Å²) in [4.78, 5) is 0. The fraction of sp³-hybridized carbons (Fsp3) is 0.667. The molecule has 1 aromatic rings. The van der Waals surface area contributed by atoms with Gasteiger partial charge in [0.2, 0.25) is 5.75 Å². The second kappa shape index (κ2) is 8.81. The van der Waals surface area contributed by atoms with Gasteiger partial charge in [-0.25, -0.2) is 0 Å². The van der Waals surface area contributed by atoms with Gasteiger partial charge in [-0.3, -0.25) is 0 Å². The Bertz CT molecular complexity index is 381. The third kappa shape index (κ3) is 6.74. The summed E-state index contributed by atoms with van der Waals surface area (Å²) in [5.41, 5.74) is 0. The highest BCUT2D eigenvalue weighted by Gasteiger charge is 2.14. The van der Waals surface area contributed by atoms with Gasteiger partial charge in [-0.2, -0.15) is 0 Å². The van der Waals surface area contributed by atoms with Gasteiger partial charge in [0.1, 0.15) is 0 Å². The highest BCUT2D eigenvalue weighted by molar-refractivity contribution is 5.51. The molecule has 3 nitrogen and oxygen atoms in total. The fourth-order valence-corrected chi connectivity index (χ4v) is 1.63. The average Bonchev–Trinajstić information content (AvgIpc) is 2.40. The molecular weight excluding hydrogens is 264 g/mol. The molecule has 1 rings (SSSR count). The van der Waals surface area contributed by atoms with Gasteiger partial charge in [0, 0.05) is 0 Å². The van der Waals surface area contributed by atoms with Gasteiger partial charge in [0.25, 0.3) is 0 Å². The van der Waals surface area contributed by atoms with Crippen LogP contribution in [0.2, 0.25) is 0 Å². The molecule has 0 fully saturated rings. The van der Waals surface area contributed by atoms with Gasteiger partial charge in [-0.1, -0.05) is 47.6 Å². The predicted octanol–water partition coefficient (Wildman–Crippen LogP) is 4.79. The van der Waals surface area contributed by atoms with E-state index in [9.17, 15) is 0 Å². The van der Waals surface area contributed by atoms with Crippen molar-refractivity contribution >= 4 is 0 Å². The number of hydrogen-bond acceptors (Lipinski definition) is 3. The van der Waals surface area contributed by atoms with Gasteiger partial charge >= 0.3 is 0 Å². The van der Waals surface area contributed by atoms with E-state index in [0.29, 0.717) is 37.6 Å². The molecule has 0 aliphatic carbocycles. The zero-order valence-electron chi connectivity index (χ0n) is 14.3. The first-order chi connectivity index (χ1) is 9.90. The molecule has 0 unspecified atom stereocenters. The molecule has 0 saturated carbocycles. The molecule has 0 heterocycles. The molecule has 21 heavy (non-hydrogen) atoms. The van der Waals surface area contributed by atoms with Gasteiger partial charge in [0.15, 0.2) is 11.5 Å². The lowest BCUT2D eigenvalue weighted by Crippen LogP contribution is -2.11. The normalized spacial score (nSPS) is 11.3. The van der Waals surface area contributed by atoms with Crippen molar-refractivity contribution in [3.05, 3.63) is 18.2 Å². The van der Waals surface area contributed by atoms with Crippen LogP contribution in [0.1, 0.15) is 41.5 Å². The minimum atomic E-state index is 0.459. The Labute approximate surface area is 129 Å². The molecule has 0 aliphatic rings. The van der Waals surface area contributed by atoms with Crippen LogP contribution in [0.3, 0.4) is 0 Å². The van der Waals surface area contributed by atoms with Crippen LogP contribution in [-0.4, -0.2) is 19.8 Å². The molecular formula is C18H30O3. The minimum absolute atomic E-state index is 0.459. The van der Waals surface area contributed by atoms with E-state index in [1.54, 1.807) is 0 Å². The first-order valence-corrected chi connectivity index (χ1v) is 7.91. The molecule has 0 amide bonds. The van der Waals surface area contributed by atoms with E-state index < -0.39 is 0 Å². The number of ether oxygens (including phenoxy) is 3. The Morgan fingerprint density at radius 3 is 1.43 bits per heavy atom. The summed E-state index contributed by atoms with van der Waals surface area (Å²) >= 11 is 0. The Morgan fingerprint density at radius 1 is 0.667 bits per heavy atom. The van der Waals surface area contributed by atoms with Crippen LogP contribution >= 0.6 is 0 Å². The van der Waals surface area contributed by atoms with E-state index >= 15 is 0 Å². The summed E-state index contributed by atoms with van der Waals surface area (Å²) < 4.78 is 17.7. The number of para-hydroxylation sites is 1. The van der Waals surface area contributed by atoms with E-state index in [1.165, 1.54) is 0 Å². The maximum atomic E-state index is 5.94. The Balaban J connectivity index is 2.90. The monoisotopic (exact) mass is 294 g/mol. The molecule has 0 spiro atoms. The van der Waals surface area contributed by atoms with Gasteiger partial charge in [0.05, 0.1) is 19.8 Å². The van der Waals surface area contributed by atoms with Crippen molar-refractivity contribution in [2.45, 2.75) is 41.5 Å². The SMILES string of the molecule is CC(C)COc1cccc(OCC(C)C)c1OCC(C)C. The van der Waals surface area contributed by atoms with Crippen LogP contribution in [0.5, 0.6) is 17.2 Å².